The van der Waals surface area contributed by atoms with Crippen molar-refractivity contribution in [1.82, 2.24) is 5.32 Å². The number of aromatic hydroxyl groups is 1. The summed E-state index contributed by atoms with van der Waals surface area (Å²) in [6, 6.07) is 12.8. The van der Waals surface area contributed by atoms with Crippen LogP contribution < -0.4 is 5.32 Å². The van der Waals surface area contributed by atoms with Gasteiger partial charge in [-0.3, -0.25) is 4.79 Å². The number of rotatable bonds is 5. The molecule has 0 fully saturated rings. The van der Waals surface area contributed by atoms with Crippen LogP contribution in [0.15, 0.2) is 48.5 Å². The van der Waals surface area contributed by atoms with Gasteiger partial charge in [-0.2, -0.15) is 0 Å². The minimum Gasteiger partial charge on any atom is -0.508 e. The van der Waals surface area contributed by atoms with Crippen molar-refractivity contribution in [3.63, 3.8) is 0 Å². The van der Waals surface area contributed by atoms with Gasteiger partial charge in [-0.15, -0.1) is 0 Å². The lowest BCUT2D eigenvalue weighted by Gasteiger charge is -2.06. The summed E-state index contributed by atoms with van der Waals surface area (Å²) in [6.45, 7) is 0.344. The number of carbonyl (C=O) groups excluding carboxylic acids is 1. The first kappa shape index (κ1) is 14.6. The fourth-order valence-corrected chi connectivity index (χ4v) is 1.83. The molecule has 0 spiro atoms. The molecule has 0 saturated heterocycles. The Morgan fingerprint density at radius 1 is 0.905 bits per heavy atom. The molecule has 0 bridgehead atoms. The van der Waals surface area contributed by atoms with Crippen molar-refractivity contribution in [2.75, 3.05) is 0 Å². The molecule has 0 radical (unpaired) electrons. The predicted molar refractivity (Wildman–Crippen MR) is 77.1 cm³/mol. The lowest BCUT2D eigenvalue weighted by atomic mass is 10.1. The standard InChI is InChI=1S/C16H15NO4/c18-14-7-3-11(4-8-14)9-15(19)17-10-12-1-5-13(6-2-12)16(20)21/h1-8,18H,9-10H2,(H,17,19)(H,20,21). The van der Waals surface area contributed by atoms with Crippen LogP contribution >= 0.6 is 0 Å². The van der Waals surface area contributed by atoms with E-state index in [9.17, 15) is 9.59 Å². The average Bonchev–Trinajstić information content (AvgIpc) is 2.48. The molecule has 0 aliphatic carbocycles. The predicted octanol–water partition coefficient (Wildman–Crippen LogP) is 1.95. The number of amides is 1. The van der Waals surface area contributed by atoms with Crippen LogP contribution in [0.4, 0.5) is 0 Å². The Balaban J connectivity index is 1.86. The van der Waals surface area contributed by atoms with E-state index in [1.54, 1.807) is 24.3 Å². The number of phenolic OH excluding ortho intramolecular Hbond substituents is 1. The highest BCUT2D eigenvalue weighted by molar-refractivity contribution is 5.87. The molecular formula is C16H15NO4. The van der Waals surface area contributed by atoms with E-state index in [4.69, 9.17) is 10.2 Å². The first-order valence-corrected chi connectivity index (χ1v) is 6.41. The van der Waals surface area contributed by atoms with Crippen LogP contribution in [0, 0.1) is 0 Å². The number of carbonyl (C=O) groups is 2. The summed E-state index contributed by atoms with van der Waals surface area (Å²) < 4.78 is 0. The molecule has 2 aromatic carbocycles. The smallest absolute Gasteiger partial charge is 0.335 e. The summed E-state index contributed by atoms with van der Waals surface area (Å²) >= 11 is 0. The molecule has 3 N–H and O–H groups in total. The molecule has 0 heterocycles. The molecule has 108 valence electrons. The van der Waals surface area contributed by atoms with Crippen molar-refractivity contribution >= 4 is 11.9 Å². The van der Waals surface area contributed by atoms with Gasteiger partial charge in [0.1, 0.15) is 5.75 Å². The molecule has 2 rings (SSSR count). The van der Waals surface area contributed by atoms with Crippen molar-refractivity contribution in [3.8, 4) is 5.75 Å². The third kappa shape index (κ3) is 4.35. The number of nitrogens with one attached hydrogen (secondary N) is 1. The second-order valence-corrected chi connectivity index (χ2v) is 4.62. The maximum absolute atomic E-state index is 11.8. The van der Waals surface area contributed by atoms with Crippen molar-refractivity contribution in [2.45, 2.75) is 13.0 Å². The van der Waals surface area contributed by atoms with Crippen LogP contribution in [0.25, 0.3) is 0 Å². The maximum atomic E-state index is 11.8. The first-order valence-electron chi connectivity index (χ1n) is 6.41. The molecule has 2 aromatic rings. The van der Waals surface area contributed by atoms with Crippen molar-refractivity contribution in [3.05, 3.63) is 65.2 Å². The SMILES string of the molecule is O=C(Cc1ccc(O)cc1)NCc1ccc(C(=O)O)cc1. The number of carboxylic acid groups (broad SMARTS) is 1. The summed E-state index contributed by atoms with van der Waals surface area (Å²) in [4.78, 5) is 22.5. The highest BCUT2D eigenvalue weighted by Gasteiger charge is 2.05. The first-order chi connectivity index (χ1) is 10.0. The van der Waals surface area contributed by atoms with Crippen LogP contribution in [0.2, 0.25) is 0 Å². The topological polar surface area (TPSA) is 86.6 Å². The second kappa shape index (κ2) is 6.56. The number of phenols is 1. The Hall–Kier alpha value is -2.82. The summed E-state index contributed by atoms with van der Waals surface area (Å²) in [5, 5.41) is 20.7. The molecule has 0 aliphatic rings. The molecule has 5 nitrogen and oxygen atoms in total. The van der Waals surface area contributed by atoms with Crippen LogP contribution in [0.5, 0.6) is 5.75 Å². The minimum absolute atomic E-state index is 0.136. The molecule has 21 heavy (non-hydrogen) atoms. The van der Waals surface area contributed by atoms with E-state index < -0.39 is 5.97 Å². The van der Waals surface area contributed by atoms with Crippen LogP contribution in [0.3, 0.4) is 0 Å². The summed E-state index contributed by atoms with van der Waals surface area (Å²) in [5.41, 5.74) is 1.86. The van der Waals surface area contributed by atoms with E-state index >= 15 is 0 Å². The Labute approximate surface area is 121 Å². The second-order valence-electron chi connectivity index (χ2n) is 4.62. The van der Waals surface area contributed by atoms with Crippen molar-refractivity contribution < 1.29 is 19.8 Å². The Morgan fingerprint density at radius 2 is 1.48 bits per heavy atom. The Bertz CT molecular complexity index is 632. The molecule has 0 atom stereocenters. The van der Waals surface area contributed by atoms with E-state index in [1.165, 1.54) is 24.3 Å². The summed E-state index contributed by atoms with van der Waals surface area (Å²) in [5.74, 6) is -0.946. The van der Waals surface area contributed by atoms with Gasteiger partial charge < -0.3 is 15.5 Å². The van der Waals surface area contributed by atoms with E-state index in [0.29, 0.717) is 6.54 Å². The van der Waals surface area contributed by atoms with Crippen LogP contribution in [-0.2, 0) is 17.8 Å². The highest BCUT2D eigenvalue weighted by Crippen LogP contribution is 2.10. The van der Waals surface area contributed by atoms with Crippen molar-refractivity contribution in [1.29, 1.82) is 0 Å². The lowest BCUT2D eigenvalue weighted by Crippen LogP contribution is -2.24. The number of hydrogen-bond donors (Lipinski definition) is 3. The fraction of sp³-hybridized carbons (Fsp3) is 0.125. The molecular weight excluding hydrogens is 270 g/mol. The molecule has 0 aromatic heterocycles. The van der Waals surface area contributed by atoms with Gasteiger partial charge in [-0.25, -0.2) is 4.79 Å². The largest absolute Gasteiger partial charge is 0.508 e. The normalized spacial score (nSPS) is 10.1. The van der Waals surface area contributed by atoms with Gasteiger partial charge in [-0.05, 0) is 35.4 Å². The monoisotopic (exact) mass is 285 g/mol. The average molecular weight is 285 g/mol. The Morgan fingerprint density at radius 3 is 2.05 bits per heavy atom. The number of carboxylic acids is 1. The fourth-order valence-electron chi connectivity index (χ4n) is 1.83. The molecule has 5 heteroatoms. The summed E-state index contributed by atoms with van der Waals surface area (Å²) in [7, 11) is 0. The number of benzene rings is 2. The van der Waals surface area contributed by atoms with Gasteiger partial charge in [0.2, 0.25) is 5.91 Å². The van der Waals surface area contributed by atoms with E-state index in [-0.39, 0.29) is 23.6 Å². The molecule has 0 saturated carbocycles. The number of hydrogen-bond acceptors (Lipinski definition) is 3. The van der Waals surface area contributed by atoms with Crippen LogP contribution in [0.1, 0.15) is 21.5 Å². The third-order valence-electron chi connectivity index (χ3n) is 2.99. The lowest BCUT2D eigenvalue weighted by molar-refractivity contribution is -0.120. The van der Waals surface area contributed by atoms with Crippen molar-refractivity contribution in [2.24, 2.45) is 0 Å². The Kier molecular flexibility index (Phi) is 4.56. The van der Waals surface area contributed by atoms with Gasteiger partial charge in [0.25, 0.3) is 0 Å². The van der Waals surface area contributed by atoms with Gasteiger partial charge in [0.05, 0.1) is 12.0 Å². The van der Waals surface area contributed by atoms with Crippen LogP contribution in [-0.4, -0.2) is 22.1 Å². The third-order valence-corrected chi connectivity index (χ3v) is 2.99. The summed E-state index contributed by atoms with van der Waals surface area (Å²) in [6.07, 6.45) is 0.230. The van der Waals surface area contributed by atoms with E-state index in [0.717, 1.165) is 11.1 Å². The van der Waals surface area contributed by atoms with Gasteiger partial charge in [-0.1, -0.05) is 24.3 Å². The molecule has 0 aliphatic heterocycles. The van der Waals surface area contributed by atoms with E-state index in [1.807, 2.05) is 0 Å². The zero-order valence-electron chi connectivity index (χ0n) is 11.2. The van der Waals surface area contributed by atoms with Gasteiger partial charge in [0.15, 0.2) is 0 Å². The maximum Gasteiger partial charge on any atom is 0.335 e. The highest BCUT2D eigenvalue weighted by atomic mass is 16.4. The minimum atomic E-state index is -0.974. The van der Waals surface area contributed by atoms with Gasteiger partial charge >= 0.3 is 5.97 Å². The molecule has 0 unspecified atom stereocenters. The van der Waals surface area contributed by atoms with Gasteiger partial charge in [0, 0.05) is 6.54 Å². The molecule has 1 amide bonds. The number of aromatic carboxylic acids is 1. The van der Waals surface area contributed by atoms with E-state index in [2.05, 4.69) is 5.32 Å². The zero-order valence-corrected chi connectivity index (χ0v) is 11.2. The quantitative estimate of drug-likeness (QED) is 0.783. The zero-order chi connectivity index (χ0) is 15.2.